The average Bonchev–Trinajstić information content (AvgIpc) is 2.72. The summed E-state index contributed by atoms with van der Waals surface area (Å²) in [5.74, 6) is -0.243. The van der Waals surface area contributed by atoms with Crippen molar-refractivity contribution in [3.63, 3.8) is 0 Å². The van der Waals surface area contributed by atoms with E-state index in [-0.39, 0.29) is 22.6 Å². The fraction of sp³-hybridized carbons (Fsp3) is 0. The van der Waals surface area contributed by atoms with Gasteiger partial charge in [-0.15, -0.1) is 0 Å². The summed E-state index contributed by atoms with van der Waals surface area (Å²) in [6, 6.07) is 25.6. The van der Waals surface area contributed by atoms with Gasteiger partial charge in [0.25, 0.3) is 5.56 Å². The lowest BCUT2D eigenvalue weighted by molar-refractivity contribution is 0.105. The Labute approximate surface area is 155 Å². The molecule has 0 fully saturated rings. The van der Waals surface area contributed by atoms with Gasteiger partial charge in [-0.2, -0.15) is 0 Å². The fourth-order valence-electron chi connectivity index (χ4n) is 2.91. The van der Waals surface area contributed by atoms with Crippen LogP contribution in [0.1, 0.15) is 21.6 Å². The molecule has 0 aliphatic heterocycles. The summed E-state index contributed by atoms with van der Waals surface area (Å²) in [7, 11) is 0. The highest BCUT2D eigenvalue weighted by atomic mass is 16.1. The topological polar surface area (TPSA) is 62.8 Å². The van der Waals surface area contributed by atoms with Gasteiger partial charge in [0.1, 0.15) is 5.69 Å². The van der Waals surface area contributed by atoms with Crippen molar-refractivity contribution in [1.82, 2.24) is 9.97 Å². The van der Waals surface area contributed by atoms with Gasteiger partial charge in [-0.25, -0.2) is 4.98 Å². The van der Waals surface area contributed by atoms with Gasteiger partial charge in [0, 0.05) is 5.56 Å². The zero-order valence-electron chi connectivity index (χ0n) is 14.4. The summed E-state index contributed by atoms with van der Waals surface area (Å²) >= 11 is 0. The number of aromatic nitrogens is 2. The lowest BCUT2D eigenvalue weighted by Gasteiger charge is -2.08. The van der Waals surface area contributed by atoms with Crippen molar-refractivity contribution in [1.29, 1.82) is 0 Å². The maximum absolute atomic E-state index is 13.2. The standard InChI is InChI=1S/C23H16N2O2/c26-22(17-11-5-2-6-12-17)18(15-16-9-3-1-4-10-16)21-23(27)25-20-14-8-7-13-19(20)24-21/h1-15H,(H,25,27)/b18-15+. The normalized spacial score (nSPS) is 11.5. The van der Waals surface area contributed by atoms with Gasteiger partial charge in [0.2, 0.25) is 0 Å². The first-order valence-corrected chi connectivity index (χ1v) is 8.58. The van der Waals surface area contributed by atoms with Crippen LogP contribution in [0, 0.1) is 0 Å². The highest BCUT2D eigenvalue weighted by molar-refractivity contribution is 6.32. The van der Waals surface area contributed by atoms with E-state index in [0.29, 0.717) is 16.6 Å². The molecule has 4 nitrogen and oxygen atoms in total. The molecule has 0 bridgehead atoms. The van der Waals surface area contributed by atoms with E-state index < -0.39 is 0 Å². The Morgan fingerprint density at radius 2 is 1.44 bits per heavy atom. The number of fused-ring (bicyclic) bond motifs is 1. The van der Waals surface area contributed by atoms with Crippen molar-refractivity contribution < 1.29 is 4.79 Å². The molecular formula is C23H16N2O2. The SMILES string of the molecule is O=C(/C(=C/c1ccccc1)c1nc2ccccc2[nH]c1=O)c1ccccc1. The second-order valence-corrected chi connectivity index (χ2v) is 6.10. The number of carbonyl (C=O) groups excluding carboxylic acids is 1. The Morgan fingerprint density at radius 3 is 2.19 bits per heavy atom. The van der Waals surface area contributed by atoms with Crippen LogP contribution in [0.3, 0.4) is 0 Å². The molecule has 0 atom stereocenters. The Morgan fingerprint density at radius 1 is 0.815 bits per heavy atom. The number of aromatic amines is 1. The number of Topliss-reactive ketones (excluding diaryl/α,β-unsaturated/α-hetero) is 1. The summed E-state index contributed by atoms with van der Waals surface area (Å²) < 4.78 is 0. The molecule has 3 aromatic carbocycles. The molecule has 0 spiro atoms. The summed E-state index contributed by atoms with van der Waals surface area (Å²) in [6.07, 6.45) is 1.71. The van der Waals surface area contributed by atoms with Crippen molar-refractivity contribution in [2.45, 2.75) is 0 Å². The molecule has 130 valence electrons. The predicted molar refractivity (Wildman–Crippen MR) is 107 cm³/mol. The maximum atomic E-state index is 13.2. The Kier molecular flexibility index (Phi) is 4.45. The molecule has 0 aliphatic rings. The minimum absolute atomic E-state index is 0.117. The van der Waals surface area contributed by atoms with E-state index in [2.05, 4.69) is 9.97 Å². The molecule has 0 aliphatic carbocycles. The van der Waals surface area contributed by atoms with Gasteiger partial charge in [-0.3, -0.25) is 9.59 Å². The number of benzene rings is 3. The van der Waals surface area contributed by atoms with Crippen LogP contribution in [0.4, 0.5) is 0 Å². The molecule has 0 radical (unpaired) electrons. The number of hydrogen-bond acceptors (Lipinski definition) is 3. The van der Waals surface area contributed by atoms with Gasteiger partial charge >= 0.3 is 0 Å². The van der Waals surface area contributed by atoms with E-state index in [1.54, 1.807) is 36.4 Å². The number of ketones is 1. The molecule has 4 rings (SSSR count). The molecule has 1 heterocycles. The van der Waals surface area contributed by atoms with Gasteiger partial charge in [0.05, 0.1) is 16.6 Å². The Balaban J connectivity index is 1.93. The predicted octanol–water partition coefficient (Wildman–Crippen LogP) is 4.35. The van der Waals surface area contributed by atoms with Crippen LogP contribution in [0.2, 0.25) is 0 Å². The second-order valence-electron chi connectivity index (χ2n) is 6.10. The summed E-state index contributed by atoms with van der Waals surface area (Å²) in [6.45, 7) is 0. The van der Waals surface area contributed by atoms with Crippen molar-refractivity contribution in [2.24, 2.45) is 0 Å². The molecule has 0 saturated heterocycles. The first-order chi connectivity index (χ1) is 13.2. The average molecular weight is 352 g/mol. The lowest BCUT2D eigenvalue weighted by Crippen LogP contribution is -2.18. The van der Waals surface area contributed by atoms with Crippen LogP contribution in [0.15, 0.2) is 89.7 Å². The van der Waals surface area contributed by atoms with Crippen LogP contribution in [0.5, 0.6) is 0 Å². The Hall–Kier alpha value is -3.79. The van der Waals surface area contributed by atoms with E-state index in [1.165, 1.54) is 0 Å². The van der Waals surface area contributed by atoms with Crippen molar-refractivity contribution in [3.8, 4) is 0 Å². The smallest absolute Gasteiger partial charge is 0.275 e. The second kappa shape index (κ2) is 7.22. The van der Waals surface area contributed by atoms with Gasteiger partial charge < -0.3 is 4.98 Å². The zero-order chi connectivity index (χ0) is 18.6. The maximum Gasteiger partial charge on any atom is 0.275 e. The number of nitrogens with one attached hydrogen (secondary N) is 1. The number of H-pyrrole nitrogens is 1. The number of allylic oxidation sites excluding steroid dienone is 1. The quantitative estimate of drug-likeness (QED) is 0.439. The number of hydrogen-bond donors (Lipinski definition) is 1. The van der Waals surface area contributed by atoms with Crippen LogP contribution in [-0.2, 0) is 0 Å². The summed E-state index contributed by atoms with van der Waals surface area (Å²) in [5.41, 5.74) is 2.59. The third kappa shape index (κ3) is 3.46. The van der Waals surface area contributed by atoms with E-state index in [9.17, 15) is 9.59 Å². The molecule has 0 saturated carbocycles. The van der Waals surface area contributed by atoms with Crippen LogP contribution in [0.25, 0.3) is 22.7 Å². The van der Waals surface area contributed by atoms with Gasteiger partial charge in [-0.1, -0.05) is 72.8 Å². The van der Waals surface area contributed by atoms with Crippen molar-refractivity contribution in [2.75, 3.05) is 0 Å². The van der Waals surface area contributed by atoms with E-state index in [0.717, 1.165) is 5.56 Å². The van der Waals surface area contributed by atoms with Crippen LogP contribution in [-0.4, -0.2) is 15.8 Å². The molecule has 4 heteroatoms. The minimum Gasteiger partial charge on any atom is -0.319 e. The molecular weight excluding hydrogens is 336 g/mol. The molecule has 0 unspecified atom stereocenters. The molecule has 0 amide bonds. The van der Waals surface area contributed by atoms with E-state index in [1.807, 2.05) is 54.6 Å². The third-order valence-corrected chi connectivity index (χ3v) is 4.25. The summed E-state index contributed by atoms with van der Waals surface area (Å²) in [5, 5.41) is 0. The van der Waals surface area contributed by atoms with Crippen molar-refractivity contribution >= 4 is 28.5 Å². The zero-order valence-corrected chi connectivity index (χ0v) is 14.4. The third-order valence-electron chi connectivity index (χ3n) is 4.25. The fourth-order valence-corrected chi connectivity index (χ4v) is 2.91. The number of carbonyl (C=O) groups is 1. The number of para-hydroxylation sites is 2. The lowest BCUT2D eigenvalue weighted by atomic mass is 9.98. The molecule has 4 aromatic rings. The van der Waals surface area contributed by atoms with E-state index in [4.69, 9.17) is 0 Å². The first kappa shape index (κ1) is 16.7. The number of nitrogens with zero attached hydrogens (tertiary/aromatic N) is 1. The minimum atomic E-state index is -0.389. The highest BCUT2D eigenvalue weighted by Crippen LogP contribution is 2.21. The first-order valence-electron chi connectivity index (χ1n) is 8.58. The van der Waals surface area contributed by atoms with Gasteiger partial charge in [0.15, 0.2) is 5.78 Å². The highest BCUT2D eigenvalue weighted by Gasteiger charge is 2.19. The van der Waals surface area contributed by atoms with Crippen molar-refractivity contribution in [3.05, 3.63) is 112 Å². The Bertz CT molecular complexity index is 1190. The summed E-state index contributed by atoms with van der Waals surface area (Å²) in [4.78, 5) is 33.2. The molecule has 1 aromatic heterocycles. The van der Waals surface area contributed by atoms with Gasteiger partial charge in [-0.05, 0) is 23.8 Å². The number of rotatable bonds is 4. The van der Waals surface area contributed by atoms with Crippen LogP contribution < -0.4 is 5.56 Å². The molecule has 1 N–H and O–H groups in total. The monoisotopic (exact) mass is 352 g/mol. The largest absolute Gasteiger partial charge is 0.319 e. The van der Waals surface area contributed by atoms with Crippen LogP contribution >= 0.6 is 0 Å². The van der Waals surface area contributed by atoms with E-state index >= 15 is 0 Å². The molecule has 27 heavy (non-hydrogen) atoms.